The van der Waals surface area contributed by atoms with Crippen molar-refractivity contribution in [2.75, 3.05) is 0 Å². The first kappa shape index (κ1) is 12.7. The van der Waals surface area contributed by atoms with Gasteiger partial charge < -0.3 is 10.3 Å². The molecule has 2 N–H and O–H groups in total. The molecule has 3 nitrogen and oxygen atoms in total. The van der Waals surface area contributed by atoms with Crippen molar-refractivity contribution in [3.05, 3.63) is 29.6 Å². The summed E-state index contributed by atoms with van der Waals surface area (Å²) in [6, 6.07) is -0.895. The third kappa shape index (κ3) is 1.92. The Morgan fingerprint density at radius 1 is 1.28 bits per heavy atom. The normalized spacial score (nSPS) is 14.2. The molecule has 1 atom stereocenters. The Hall–Kier alpha value is -1.70. The maximum atomic E-state index is 13.4. The summed E-state index contributed by atoms with van der Waals surface area (Å²) in [5, 5.41) is 0. The SMILES string of the molecule is Cn1c(C(N)C(F)(F)F)nc2c(F)cc(F)cc21. The molecule has 98 valence electrons. The van der Waals surface area contributed by atoms with Gasteiger partial charge in [-0.25, -0.2) is 13.8 Å². The second kappa shape index (κ2) is 3.91. The van der Waals surface area contributed by atoms with Gasteiger partial charge >= 0.3 is 6.18 Å². The van der Waals surface area contributed by atoms with Gasteiger partial charge in [0.15, 0.2) is 11.9 Å². The summed E-state index contributed by atoms with van der Waals surface area (Å²) in [5.74, 6) is -2.49. The lowest BCUT2D eigenvalue weighted by atomic mass is 10.3. The average Bonchev–Trinajstić information content (AvgIpc) is 2.54. The van der Waals surface area contributed by atoms with Crippen LogP contribution in [0.5, 0.6) is 0 Å². The number of benzene rings is 1. The number of nitrogens with two attached hydrogens (primary N) is 1. The minimum atomic E-state index is -4.70. The maximum absolute atomic E-state index is 13.4. The summed E-state index contributed by atoms with van der Waals surface area (Å²) in [6.45, 7) is 0. The molecule has 0 aliphatic carbocycles. The summed E-state index contributed by atoms with van der Waals surface area (Å²) in [4.78, 5) is 3.50. The van der Waals surface area contributed by atoms with Crippen LogP contribution >= 0.6 is 0 Å². The number of rotatable bonds is 1. The Morgan fingerprint density at radius 3 is 2.44 bits per heavy atom. The summed E-state index contributed by atoms with van der Waals surface area (Å²) >= 11 is 0. The van der Waals surface area contributed by atoms with E-state index in [4.69, 9.17) is 5.73 Å². The van der Waals surface area contributed by atoms with Crippen LogP contribution in [0.3, 0.4) is 0 Å². The van der Waals surface area contributed by atoms with Gasteiger partial charge in [-0.2, -0.15) is 13.2 Å². The van der Waals surface area contributed by atoms with Crippen LogP contribution in [0.2, 0.25) is 0 Å². The van der Waals surface area contributed by atoms with Gasteiger partial charge in [-0.05, 0) is 6.07 Å². The van der Waals surface area contributed by atoms with E-state index in [0.29, 0.717) is 6.07 Å². The molecule has 0 aliphatic rings. The number of nitrogens with zero attached hydrogens (tertiary/aromatic N) is 2. The lowest BCUT2D eigenvalue weighted by Gasteiger charge is -2.14. The van der Waals surface area contributed by atoms with Crippen molar-refractivity contribution in [3.63, 3.8) is 0 Å². The van der Waals surface area contributed by atoms with Crippen molar-refractivity contribution in [2.45, 2.75) is 12.2 Å². The second-order valence-electron chi connectivity index (χ2n) is 3.80. The van der Waals surface area contributed by atoms with Gasteiger partial charge in [-0.3, -0.25) is 0 Å². The van der Waals surface area contributed by atoms with Crippen LogP contribution in [0.1, 0.15) is 11.9 Å². The Labute approximate surface area is 98.0 Å². The third-order valence-electron chi connectivity index (χ3n) is 2.57. The molecule has 0 fully saturated rings. The number of hydrogen-bond donors (Lipinski definition) is 1. The summed E-state index contributed by atoms with van der Waals surface area (Å²) in [5.41, 5.74) is 4.58. The molecule has 1 heterocycles. The summed E-state index contributed by atoms with van der Waals surface area (Å²) < 4.78 is 64.7. The Bertz CT molecular complexity index is 602. The molecule has 0 amide bonds. The molecule has 0 aliphatic heterocycles. The van der Waals surface area contributed by atoms with Crippen LogP contribution in [-0.2, 0) is 7.05 Å². The highest BCUT2D eigenvalue weighted by molar-refractivity contribution is 5.76. The van der Waals surface area contributed by atoms with E-state index < -0.39 is 29.7 Å². The molecule has 0 saturated carbocycles. The predicted molar refractivity (Wildman–Crippen MR) is 53.6 cm³/mol. The van der Waals surface area contributed by atoms with Gasteiger partial charge in [0.05, 0.1) is 5.52 Å². The molecule has 2 aromatic rings. The summed E-state index contributed by atoms with van der Waals surface area (Å²) in [6.07, 6.45) is -4.70. The van der Waals surface area contributed by atoms with Crippen LogP contribution in [0.15, 0.2) is 12.1 Å². The molecule has 0 bridgehead atoms. The van der Waals surface area contributed by atoms with Crippen molar-refractivity contribution >= 4 is 11.0 Å². The molecule has 0 radical (unpaired) electrons. The van der Waals surface area contributed by atoms with E-state index in [1.165, 1.54) is 7.05 Å². The van der Waals surface area contributed by atoms with Crippen LogP contribution in [0.4, 0.5) is 22.0 Å². The standard InChI is InChI=1S/C10H8F5N3/c1-18-6-3-4(11)2-5(12)7(6)17-9(18)8(16)10(13,14)15/h2-3,8H,16H2,1H3. The molecule has 8 heteroatoms. The zero-order valence-electron chi connectivity index (χ0n) is 9.09. The number of fused-ring (bicyclic) bond motifs is 1. The van der Waals surface area contributed by atoms with Crippen molar-refractivity contribution in [2.24, 2.45) is 12.8 Å². The number of aromatic nitrogens is 2. The Morgan fingerprint density at radius 2 is 1.89 bits per heavy atom. The van der Waals surface area contributed by atoms with E-state index in [1.807, 2.05) is 0 Å². The molecule has 18 heavy (non-hydrogen) atoms. The number of imidazole rings is 1. The average molecular weight is 265 g/mol. The molecular formula is C10H8F5N3. The fraction of sp³-hybridized carbons (Fsp3) is 0.300. The Kier molecular flexibility index (Phi) is 2.77. The Balaban J connectivity index is 2.68. The van der Waals surface area contributed by atoms with Crippen LogP contribution in [0.25, 0.3) is 11.0 Å². The smallest absolute Gasteiger partial charge is 0.329 e. The van der Waals surface area contributed by atoms with Gasteiger partial charge in [0.1, 0.15) is 17.2 Å². The molecule has 1 unspecified atom stereocenters. The van der Waals surface area contributed by atoms with Crippen molar-refractivity contribution in [1.29, 1.82) is 0 Å². The monoisotopic (exact) mass is 265 g/mol. The number of aryl methyl sites for hydroxylation is 1. The van der Waals surface area contributed by atoms with Crippen molar-refractivity contribution in [1.82, 2.24) is 9.55 Å². The van der Waals surface area contributed by atoms with Crippen LogP contribution in [-0.4, -0.2) is 15.7 Å². The van der Waals surface area contributed by atoms with Gasteiger partial charge in [0, 0.05) is 13.1 Å². The fourth-order valence-electron chi connectivity index (χ4n) is 1.66. The van der Waals surface area contributed by atoms with Gasteiger partial charge in [0.25, 0.3) is 0 Å². The quantitative estimate of drug-likeness (QED) is 0.805. The van der Waals surface area contributed by atoms with E-state index in [0.717, 1.165) is 10.6 Å². The van der Waals surface area contributed by atoms with Gasteiger partial charge in [-0.15, -0.1) is 0 Å². The largest absolute Gasteiger partial charge is 0.410 e. The second-order valence-corrected chi connectivity index (χ2v) is 3.80. The summed E-state index contributed by atoms with van der Waals surface area (Å²) in [7, 11) is 1.22. The molecule has 1 aromatic heterocycles. The van der Waals surface area contributed by atoms with Crippen LogP contribution < -0.4 is 5.73 Å². The minimum absolute atomic E-state index is 0.0813. The van der Waals surface area contributed by atoms with Crippen molar-refractivity contribution < 1.29 is 22.0 Å². The minimum Gasteiger partial charge on any atom is -0.329 e. The van der Waals surface area contributed by atoms with E-state index in [-0.39, 0.29) is 11.0 Å². The maximum Gasteiger partial charge on any atom is 0.410 e. The topological polar surface area (TPSA) is 43.8 Å². The molecule has 2 rings (SSSR count). The highest BCUT2D eigenvalue weighted by Gasteiger charge is 2.41. The van der Waals surface area contributed by atoms with Gasteiger partial charge in [-0.1, -0.05) is 0 Å². The van der Waals surface area contributed by atoms with Gasteiger partial charge in [0.2, 0.25) is 0 Å². The van der Waals surface area contributed by atoms with E-state index >= 15 is 0 Å². The molecular weight excluding hydrogens is 257 g/mol. The zero-order valence-corrected chi connectivity index (χ0v) is 9.09. The van der Waals surface area contributed by atoms with E-state index in [2.05, 4.69) is 4.98 Å². The van der Waals surface area contributed by atoms with E-state index in [1.54, 1.807) is 0 Å². The van der Waals surface area contributed by atoms with Crippen molar-refractivity contribution in [3.8, 4) is 0 Å². The number of halogens is 5. The zero-order chi connectivity index (χ0) is 13.7. The highest BCUT2D eigenvalue weighted by Crippen LogP contribution is 2.32. The molecule has 1 aromatic carbocycles. The van der Waals surface area contributed by atoms with E-state index in [9.17, 15) is 22.0 Å². The first-order valence-corrected chi connectivity index (χ1v) is 4.85. The number of alkyl halides is 3. The highest BCUT2D eigenvalue weighted by atomic mass is 19.4. The lowest BCUT2D eigenvalue weighted by Crippen LogP contribution is -2.30. The van der Waals surface area contributed by atoms with Crippen LogP contribution in [0, 0.1) is 11.6 Å². The fourth-order valence-corrected chi connectivity index (χ4v) is 1.66. The number of hydrogen-bond acceptors (Lipinski definition) is 2. The first-order valence-electron chi connectivity index (χ1n) is 4.85. The predicted octanol–water partition coefficient (Wildman–Crippen LogP) is 2.41. The lowest BCUT2D eigenvalue weighted by molar-refractivity contribution is -0.151. The molecule has 0 saturated heterocycles. The third-order valence-corrected chi connectivity index (χ3v) is 2.57. The molecule has 0 spiro atoms. The first-order chi connectivity index (χ1) is 8.21.